The second kappa shape index (κ2) is 4.45. The van der Waals surface area contributed by atoms with Gasteiger partial charge in [-0.3, -0.25) is 0 Å². The molecule has 16 heavy (non-hydrogen) atoms. The molecule has 0 aliphatic carbocycles. The van der Waals surface area contributed by atoms with Crippen LogP contribution in [0.1, 0.15) is 23.2 Å². The van der Waals surface area contributed by atoms with E-state index in [2.05, 4.69) is 16.3 Å². The molecule has 0 N–H and O–H groups in total. The van der Waals surface area contributed by atoms with Crippen LogP contribution in [0.25, 0.3) is 0 Å². The maximum atomic E-state index is 9.07. The molecule has 1 unspecified atom stereocenters. The van der Waals surface area contributed by atoms with E-state index >= 15 is 0 Å². The van der Waals surface area contributed by atoms with Gasteiger partial charge in [-0.2, -0.15) is 10.4 Å². The van der Waals surface area contributed by atoms with Gasteiger partial charge in [0.25, 0.3) is 5.88 Å². The van der Waals surface area contributed by atoms with Crippen LogP contribution in [0.15, 0.2) is 0 Å². The summed E-state index contributed by atoms with van der Waals surface area (Å²) in [7, 11) is 0. The molecule has 2 rings (SSSR count). The lowest BCUT2D eigenvalue weighted by Gasteiger charge is -2.12. The van der Waals surface area contributed by atoms with Crippen LogP contribution in [-0.2, 0) is 4.74 Å². The fourth-order valence-electron chi connectivity index (χ4n) is 1.56. The molecule has 84 valence electrons. The topological polar surface area (TPSA) is 68.0 Å². The van der Waals surface area contributed by atoms with Crippen molar-refractivity contribution in [1.82, 2.24) is 10.2 Å². The second-order valence-corrected chi connectivity index (χ2v) is 3.81. The van der Waals surface area contributed by atoms with E-state index in [1.165, 1.54) is 0 Å². The van der Waals surface area contributed by atoms with Crippen molar-refractivity contribution >= 4 is 0 Å². The van der Waals surface area contributed by atoms with E-state index in [4.69, 9.17) is 14.7 Å². The minimum absolute atomic E-state index is 0.0106. The standard InChI is InChI=1S/C11H13N3O2/c1-7-8(2)13-14-11(10(7)5-12)16-9-3-4-15-6-9/h9H,3-4,6H2,1-2H3. The van der Waals surface area contributed by atoms with Crippen LogP contribution in [0.5, 0.6) is 5.88 Å². The molecule has 0 amide bonds. The molecule has 0 radical (unpaired) electrons. The SMILES string of the molecule is Cc1nnc(OC2CCOC2)c(C#N)c1C. The Morgan fingerprint density at radius 1 is 1.44 bits per heavy atom. The summed E-state index contributed by atoms with van der Waals surface area (Å²) in [6.07, 6.45) is 0.822. The molecular formula is C11H13N3O2. The smallest absolute Gasteiger partial charge is 0.252 e. The van der Waals surface area contributed by atoms with E-state index in [1.54, 1.807) is 0 Å². The van der Waals surface area contributed by atoms with Crippen molar-refractivity contribution in [2.24, 2.45) is 0 Å². The molecule has 5 nitrogen and oxygen atoms in total. The lowest BCUT2D eigenvalue weighted by Crippen LogP contribution is -2.18. The Hall–Kier alpha value is -1.67. The van der Waals surface area contributed by atoms with Crippen LogP contribution in [0, 0.1) is 25.2 Å². The number of nitriles is 1. The molecule has 0 saturated carbocycles. The summed E-state index contributed by atoms with van der Waals surface area (Å²) in [6, 6.07) is 2.11. The fraction of sp³-hybridized carbons (Fsp3) is 0.545. The molecule has 1 aromatic heterocycles. The fourth-order valence-corrected chi connectivity index (χ4v) is 1.56. The Bertz CT molecular complexity index is 434. The minimum atomic E-state index is -0.0106. The van der Waals surface area contributed by atoms with Crippen LogP contribution in [-0.4, -0.2) is 29.5 Å². The Balaban J connectivity index is 2.26. The number of hydrogen-bond donors (Lipinski definition) is 0. The molecule has 1 aliphatic rings. The van der Waals surface area contributed by atoms with Gasteiger partial charge in [0, 0.05) is 6.42 Å². The highest BCUT2D eigenvalue weighted by Crippen LogP contribution is 2.22. The highest BCUT2D eigenvalue weighted by molar-refractivity contribution is 5.44. The maximum absolute atomic E-state index is 9.07. The largest absolute Gasteiger partial charge is 0.470 e. The minimum Gasteiger partial charge on any atom is -0.470 e. The Morgan fingerprint density at radius 2 is 2.25 bits per heavy atom. The van der Waals surface area contributed by atoms with Crippen molar-refractivity contribution in [3.8, 4) is 11.9 Å². The average molecular weight is 219 g/mol. The summed E-state index contributed by atoms with van der Waals surface area (Å²) in [4.78, 5) is 0. The number of aromatic nitrogens is 2. The zero-order valence-corrected chi connectivity index (χ0v) is 9.36. The molecular weight excluding hydrogens is 206 g/mol. The molecule has 0 spiro atoms. The van der Waals surface area contributed by atoms with Crippen molar-refractivity contribution in [3.05, 3.63) is 16.8 Å². The number of aryl methyl sites for hydroxylation is 1. The van der Waals surface area contributed by atoms with E-state index in [0.29, 0.717) is 24.7 Å². The quantitative estimate of drug-likeness (QED) is 0.745. The summed E-state index contributed by atoms with van der Waals surface area (Å²) in [6.45, 7) is 4.93. The summed E-state index contributed by atoms with van der Waals surface area (Å²) in [5.74, 6) is 0.320. The molecule has 1 fully saturated rings. The monoisotopic (exact) mass is 219 g/mol. The van der Waals surface area contributed by atoms with Gasteiger partial charge in [0.1, 0.15) is 17.7 Å². The first-order valence-corrected chi connectivity index (χ1v) is 5.20. The van der Waals surface area contributed by atoms with Crippen LogP contribution in [0.3, 0.4) is 0 Å². The maximum Gasteiger partial charge on any atom is 0.252 e. The molecule has 1 aromatic rings. The van der Waals surface area contributed by atoms with Gasteiger partial charge in [-0.1, -0.05) is 0 Å². The molecule has 1 saturated heterocycles. The first kappa shape index (κ1) is 10.8. The van der Waals surface area contributed by atoms with Gasteiger partial charge < -0.3 is 9.47 Å². The third-order valence-electron chi connectivity index (χ3n) is 2.70. The molecule has 1 atom stereocenters. The zero-order chi connectivity index (χ0) is 11.5. The summed E-state index contributed by atoms with van der Waals surface area (Å²) < 4.78 is 10.8. The summed E-state index contributed by atoms with van der Waals surface area (Å²) in [5, 5.41) is 17.0. The highest BCUT2D eigenvalue weighted by Gasteiger charge is 2.21. The molecule has 0 aromatic carbocycles. The van der Waals surface area contributed by atoms with Gasteiger partial charge in [0.05, 0.1) is 18.9 Å². The average Bonchev–Trinajstić information content (AvgIpc) is 2.77. The van der Waals surface area contributed by atoms with Gasteiger partial charge in [-0.25, -0.2) is 0 Å². The van der Waals surface area contributed by atoms with Crippen LogP contribution in [0.2, 0.25) is 0 Å². The first-order valence-electron chi connectivity index (χ1n) is 5.20. The number of nitrogens with zero attached hydrogens (tertiary/aromatic N) is 3. The Morgan fingerprint density at radius 3 is 2.88 bits per heavy atom. The van der Waals surface area contributed by atoms with E-state index < -0.39 is 0 Å². The summed E-state index contributed by atoms with van der Waals surface area (Å²) >= 11 is 0. The number of hydrogen-bond acceptors (Lipinski definition) is 5. The van der Waals surface area contributed by atoms with Crippen molar-refractivity contribution in [2.45, 2.75) is 26.4 Å². The Labute approximate surface area is 94.0 Å². The third kappa shape index (κ3) is 1.97. The van der Waals surface area contributed by atoms with Gasteiger partial charge in [0.15, 0.2) is 0 Å². The van der Waals surface area contributed by atoms with Gasteiger partial charge >= 0.3 is 0 Å². The van der Waals surface area contributed by atoms with Crippen molar-refractivity contribution < 1.29 is 9.47 Å². The molecule has 0 bridgehead atoms. The first-order chi connectivity index (χ1) is 7.72. The van der Waals surface area contributed by atoms with Crippen LogP contribution >= 0.6 is 0 Å². The molecule has 5 heteroatoms. The lowest BCUT2D eigenvalue weighted by atomic mass is 10.1. The van der Waals surface area contributed by atoms with Crippen LogP contribution in [0.4, 0.5) is 0 Å². The third-order valence-corrected chi connectivity index (χ3v) is 2.70. The van der Waals surface area contributed by atoms with E-state index in [9.17, 15) is 0 Å². The van der Waals surface area contributed by atoms with Crippen molar-refractivity contribution in [3.63, 3.8) is 0 Å². The van der Waals surface area contributed by atoms with E-state index in [1.807, 2.05) is 13.8 Å². The summed E-state index contributed by atoms with van der Waals surface area (Å²) in [5.41, 5.74) is 2.05. The number of ether oxygens (including phenoxy) is 2. The zero-order valence-electron chi connectivity index (χ0n) is 9.36. The normalized spacial score (nSPS) is 19.4. The van der Waals surface area contributed by atoms with E-state index in [0.717, 1.165) is 17.7 Å². The molecule has 2 heterocycles. The van der Waals surface area contributed by atoms with Crippen LogP contribution < -0.4 is 4.74 Å². The van der Waals surface area contributed by atoms with Gasteiger partial charge in [-0.15, -0.1) is 5.10 Å². The highest BCUT2D eigenvalue weighted by atomic mass is 16.5. The predicted octanol–water partition coefficient (Wildman–Crippen LogP) is 1.13. The van der Waals surface area contributed by atoms with Crippen molar-refractivity contribution in [1.29, 1.82) is 5.26 Å². The Kier molecular flexibility index (Phi) is 3.02. The predicted molar refractivity (Wildman–Crippen MR) is 56.1 cm³/mol. The van der Waals surface area contributed by atoms with Crippen molar-refractivity contribution in [2.75, 3.05) is 13.2 Å². The second-order valence-electron chi connectivity index (χ2n) is 3.81. The number of rotatable bonds is 2. The van der Waals surface area contributed by atoms with E-state index in [-0.39, 0.29) is 6.10 Å². The lowest BCUT2D eigenvalue weighted by molar-refractivity contribution is 0.137. The molecule has 1 aliphatic heterocycles. The van der Waals surface area contributed by atoms with Gasteiger partial charge in [0.2, 0.25) is 0 Å². The van der Waals surface area contributed by atoms with Gasteiger partial charge in [-0.05, 0) is 19.4 Å².